The van der Waals surface area contributed by atoms with Crippen molar-refractivity contribution in [1.29, 1.82) is 0 Å². The van der Waals surface area contributed by atoms with E-state index in [4.69, 9.17) is 4.42 Å². The molecule has 52 heavy (non-hydrogen) atoms. The topological polar surface area (TPSA) is 16.4 Å². The van der Waals surface area contributed by atoms with Crippen molar-refractivity contribution in [1.82, 2.24) is 0 Å². The lowest BCUT2D eigenvalue weighted by atomic mass is 9.91. The molecule has 11 rings (SSSR count). The van der Waals surface area contributed by atoms with Gasteiger partial charge in [0.1, 0.15) is 11.2 Å². The highest BCUT2D eigenvalue weighted by atomic mass is 32.1. The maximum absolute atomic E-state index is 6.48. The van der Waals surface area contributed by atoms with Gasteiger partial charge in [0.05, 0.1) is 16.8 Å². The first-order valence-electron chi connectivity index (χ1n) is 17.5. The molecule has 0 aliphatic rings. The summed E-state index contributed by atoms with van der Waals surface area (Å²) >= 11 is 3.71. The Kier molecular flexibility index (Phi) is 6.63. The molecule has 0 N–H and O–H groups in total. The first-order valence-corrected chi connectivity index (χ1v) is 19.1. The summed E-state index contributed by atoms with van der Waals surface area (Å²) in [7, 11) is 0. The predicted molar refractivity (Wildman–Crippen MR) is 225 cm³/mol. The van der Waals surface area contributed by atoms with E-state index >= 15 is 0 Å². The van der Waals surface area contributed by atoms with E-state index in [-0.39, 0.29) is 0 Å². The number of nitrogens with zero attached hydrogens (tertiary/aromatic N) is 1. The molecule has 0 spiro atoms. The molecule has 0 bridgehead atoms. The number of benzene rings is 8. The van der Waals surface area contributed by atoms with Crippen molar-refractivity contribution in [2.75, 3.05) is 4.90 Å². The van der Waals surface area contributed by atoms with Gasteiger partial charge in [-0.15, -0.1) is 22.7 Å². The third kappa shape index (κ3) is 4.55. The van der Waals surface area contributed by atoms with Gasteiger partial charge in [-0.1, -0.05) is 109 Å². The van der Waals surface area contributed by atoms with Crippen molar-refractivity contribution in [3.05, 3.63) is 176 Å². The molecule has 0 saturated heterocycles. The van der Waals surface area contributed by atoms with Crippen molar-refractivity contribution in [2.45, 2.75) is 0 Å². The minimum atomic E-state index is 0.873. The molecule has 4 heteroatoms. The van der Waals surface area contributed by atoms with Gasteiger partial charge < -0.3 is 9.32 Å². The van der Waals surface area contributed by atoms with Crippen molar-refractivity contribution in [3.8, 4) is 22.3 Å². The smallest absolute Gasteiger partial charge is 0.137 e. The van der Waals surface area contributed by atoms with Crippen LogP contribution in [0.2, 0.25) is 0 Å². The molecule has 0 amide bonds. The van der Waals surface area contributed by atoms with Gasteiger partial charge in [0, 0.05) is 57.0 Å². The standard InChI is InChI=1S/C48H29NOS2/c1-2-12-30(13-3-1)47-33(31-24-26-45-37(28-31)34-14-5-8-22-43(34)51-45)17-10-18-39(47)49(32-25-27-46-38(29-32)35-15-6-9-23-44(35)52-46)40-19-11-21-42-48(40)36-16-4-7-20-41(36)50-42/h1-29H. The Morgan fingerprint density at radius 2 is 0.981 bits per heavy atom. The second-order valence-corrected chi connectivity index (χ2v) is 15.4. The van der Waals surface area contributed by atoms with Crippen LogP contribution in [0, 0.1) is 0 Å². The molecule has 8 aromatic carbocycles. The van der Waals surface area contributed by atoms with Crippen molar-refractivity contribution in [2.24, 2.45) is 0 Å². The fraction of sp³-hybridized carbons (Fsp3) is 0. The fourth-order valence-electron chi connectivity index (χ4n) is 7.97. The average Bonchev–Trinajstić information content (AvgIpc) is 3.89. The second kappa shape index (κ2) is 11.7. The van der Waals surface area contributed by atoms with E-state index in [0.29, 0.717) is 0 Å². The summed E-state index contributed by atoms with van der Waals surface area (Å²) in [4.78, 5) is 2.46. The Labute approximate surface area is 308 Å². The molecule has 11 aromatic rings. The Bertz CT molecular complexity index is 3150. The molecule has 2 nitrogen and oxygen atoms in total. The molecule has 0 aliphatic carbocycles. The van der Waals surface area contributed by atoms with E-state index < -0.39 is 0 Å². The Hall–Kier alpha value is -6.20. The van der Waals surface area contributed by atoms with E-state index in [9.17, 15) is 0 Å². The fourth-order valence-corrected chi connectivity index (χ4v) is 10.1. The predicted octanol–water partition coefficient (Wildman–Crippen LogP) is 15.1. The Morgan fingerprint density at radius 3 is 1.77 bits per heavy atom. The first kappa shape index (κ1) is 29.5. The lowest BCUT2D eigenvalue weighted by Crippen LogP contribution is -2.12. The molecule has 244 valence electrons. The number of hydrogen-bond acceptors (Lipinski definition) is 4. The van der Waals surface area contributed by atoms with Crippen LogP contribution in [0.15, 0.2) is 180 Å². The molecule has 3 heterocycles. The number of thiophene rings is 2. The monoisotopic (exact) mass is 699 g/mol. The lowest BCUT2D eigenvalue weighted by Gasteiger charge is -2.30. The van der Waals surface area contributed by atoms with Crippen LogP contribution in [-0.4, -0.2) is 0 Å². The molecule has 0 fully saturated rings. The molecule has 0 unspecified atom stereocenters. The van der Waals surface area contributed by atoms with Gasteiger partial charge >= 0.3 is 0 Å². The third-order valence-electron chi connectivity index (χ3n) is 10.3. The maximum Gasteiger partial charge on any atom is 0.137 e. The van der Waals surface area contributed by atoms with E-state index in [2.05, 4.69) is 175 Å². The number of furan rings is 1. The van der Waals surface area contributed by atoms with E-state index in [1.165, 1.54) is 62.6 Å². The van der Waals surface area contributed by atoms with Crippen LogP contribution in [-0.2, 0) is 0 Å². The highest BCUT2D eigenvalue weighted by molar-refractivity contribution is 7.26. The summed E-state index contributed by atoms with van der Waals surface area (Å²) in [6.07, 6.45) is 0. The number of anilines is 3. The molecule has 3 aromatic heterocycles. The zero-order valence-corrected chi connectivity index (χ0v) is 29.5. The van der Waals surface area contributed by atoms with Gasteiger partial charge in [-0.3, -0.25) is 0 Å². The van der Waals surface area contributed by atoms with Gasteiger partial charge in [0.15, 0.2) is 0 Å². The number of fused-ring (bicyclic) bond motifs is 9. The van der Waals surface area contributed by atoms with Gasteiger partial charge in [0.2, 0.25) is 0 Å². The Balaban J connectivity index is 1.24. The SMILES string of the molecule is c1ccc(-c2c(-c3ccc4sc5ccccc5c4c3)cccc2N(c2ccc3sc4ccccc4c3c2)c2cccc3oc4ccccc4c23)cc1. The second-order valence-electron chi connectivity index (χ2n) is 13.2. The van der Waals surface area contributed by atoms with Crippen LogP contribution in [0.5, 0.6) is 0 Å². The van der Waals surface area contributed by atoms with E-state index in [0.717, 1.165) is 39.0 Å². The summed E-state index contributed by atoms with van der Waals surface area (Å²) in [5, 5.41) is 7.35. The van der Waals surface area contributed by atoms with Crippen LogP contribution in [0.25, 0.3) is 84.5 Å². The molecule has 0 aliphatic heterocycles. The largest absolute Gasteiger partial charge is 0.456 e. The number of hydrogen-bond donors (Lipinski definition) is 0. The van der Waals surface area contributed by atoms with Crippen LogP contribution in [0.4, 0.5) is 17.1 Å². The minimum Gasteiger partial charge on any atom is -0.456 e. The number of para-hydroxylation sites is 1. The van der Waals surface area contributed by atoms with Crippen LogP contribution < -0.4 is 4.90 Å². The minimum absolute atomic E-state index is 0.873. The summed E-state index contributed by atoms with van der Waals surface area (Å²) in [6, 6.07) is 63.9. The van der Waals surface area contributed by atoms with Crippen LogP contribution >= 0.6 is 22.7 Å². The van der Waals surface area contributed by atoms with Crippen molar-refractivity contribution < 1.29 is 4.42 Å². The molecule has 0 saturated carbocycles. The van der Waals surface area contributed by atoms with Gasteiger partial charge in [0.25, 0.3) is 0 Å². The maximum atomic E-state index is 6.48. The van der Waals surface area contributed by atoms with Crippen LogP contribution in [0.3, 0.4) is 0 Å². The van der Waals surface area contributed by atoms with E-state index in [1.807, 2.05) is 28.7 Å². The highest BCUT2D eigenvalue weighted by Gasteiger charge is 2.24. The van der Waals surface area contributed by atoms with Gasteiger partial charge in [-0.25, -0.2) is 0 Å². The summed E-state index contributed by atoms with van der Waals surface area (Å²) in [6.45, 7) is 0. The average molecular weight is 700 g/mol. The molecule has 0 atom stereocenters. The first-order chi connectivity index (χ1) is 25.8. The highest BCUT2D eigenvalue weighted by Crippen LogP contribution is 2.50. The Morgan fingerprint density at radius 1 is 0.385 bits per heavy atom. The van der Waals surface area contributed by atoms with E-state index in [1.54, 1.807) is 0 Å². The van der Waals surface area contributed by atoms with Crippen molar-refractivity contribution in [3.63, 3.8) is 0 Å². The number of rotatable bonds is 5. The molecular weight excluding hydrogens is 671 g/mol. The normalized spacial score (nSPS) is 11.8. The van der Waals surface area contributed by atoms with Crippen molar-refractivity contribution >= 4 is 102 Å². The molecule has 0 radical (unpaired) electrons. The quantitative estimate of drug-likeness (QED) is 0.178. The summed E-state index contributed by atoms with van der Waals surface area (Å²) in [5.74, 6) is 0. The summed E-state index contributed by atoms with van der Waals surface area (Å²) in [5.41, 5.74) is 9.78. The zero-order valence-electron chi connectivity index (χ0n) is 27.9. The molecular formula is C48H29NOS2. The summed E-state index contributed by atoms with van der Waals surface area (Å²) < 4.78 is 11.7. The van der Waals surface area contributed by atoms with Gasteiger partial charge in [-0.05, 0) is 83.4 Å². The third-order valence-corrected chi connectivity index (χ3v) is 12.6. The van der Waals surface area contributed by atoms with Crippen LogP contribution in [0.1, 0.15) is 0 Å². The van der Waals surface area contributed by atoms with Gasteiger partial charge in [-0.2, -0.15) is 0 Å². The zero-order chi connectivity index (χ0) is 34.2. The lowest BCUT2D eigenvalue weighted by molar-refractivity contribution is 0.669.